The van der Waals surface area contributed by atoms with Gasteiger partial charge in [-0.25, -0.2) is 0 Å². The fourth-order valence-electron chi connectivity index (χ4n) is 3.69. The third-order valence-electron chi connectivity index (χ3n) is 5.12. The molecule has 0 aromatic rings. The average molecular weight is 317 g/mol. The van der Waals surface area contributed by atoms with Crippen molar-refractivity contribution in [1.82, 2.24) is 9.80 Å². The Bertz CT molecular complexity index is 822. The van der Waals surface area contributed by atoms with Crippen molar-refractivity contribution >= 4 is 11.9 Å². The van der Waals surface area contributed by atoms with Gasteiger partial charge in [0.1, 0.15) is 5.41 Å². The number of likely N-dealkylation sites (N-methyl/N-ethyl adjacent to an activating group) is 1. The summed E-state index contributed by atoms with van der Waals surface area (Å²) in [4.78, 5) is 13.9. The highest BCUT2D eigenvalue weighted by Gasteiger charge is 2.46. The number of aliphatic imine (C=N–C) groups is 2. The number of hydrogen-bond donors (Lipinski definition) is 0. The summed E-state index contributed by atoms with van der Waals surface area (Å²) in [5.74, 6) is 0. The van der Waals surface area contributed by atoms with Gasteiger partial charge in [-0.3, -0.25) is 9.98 Å². The van der Waals surface area contributed by atoms with Crippen LogP contribution in [0.3, 0.4) is 0 Å². The number of piperazine rings is 1. The Morgan fingerprint density at radius 2 is 2.00 bits per heavy atom. The molecule has 0 bridgehead atoms. The number of nitriles is 1. The van der Waals surface area contributed by atoms with Crippen molar-refractivity contribution in [3.8, 4) is 6.07 Å². The molecule has 24 heavy (non-hydrogen) atoms. The van der Waals surface area contributed by atoms with Crippen LogP contribution in [0.15, 0.2) is 69.6 Å². The molecule has 1 saturated heterocycles. The standard InChI is InChI=1S/C19H19N5/c1-14-19-11-15(12-20)3-4-18(19)21-6-5-17(16(19)13-22-14)24-9-7-23(2)8-10-24/h3-6,11,13H,1,7-10H2,2H3. The van der Waals surface area contributed by atoms with Crippen LogP contribution in [0.4, 0.5) is 0 Å². The van der Waals surface area contributed by atoms with Crippen molar-refractivity contribution < 1.29 is 0 Å². The van der Waals surface area contributed by atoms with Crippen LogP contribution in [-0.2, 0) is 0 Å². The molecule has 0 aromatic heterocycles. The van der Waals surface area contributed by atoms with Gasteiger partial charge in [0.2, 0.25) is 0 Å². The van der Waals surface area contributed by atoms with Crippen LogP contribution in [0.25, 0.3) is 0 Å². The minimum absolute atomic E-state index is 0.609. The van der Waals surface area contributed by atoms with Crippen LogP contribution in [0.2, 0.25) is 0 Å². The van der Waals surface area contributed by atoms with Crippen molar-refractivity contribution in [3.63, 3.8) is 0 Å². The van der Waals surface area contributed by atoms with Gasteiger partial charge < -0.3 is 9.80 Å². The van der Waals surface area contributed by atoms with Crippen molar-refractivity contribution in [2.75, 3.05) is 33.2 Å². The summed E-state index contributed by atoms with van der Waals surface area (Å²) in [5, 5.41) is 9.37. The van der Waals surface area contributed by atoms with E-state index in [1.165, 1.54) is 0 Å². The highest BCUT2D eigenvalue weighted by molar-refractivity contribution is 6.14. The van der Waals surface area contributed by atoms with Gasteiger partial charge >= 0.3 is 0 Å². The second kappa shape index (κ2) is 5.43. The van der Waals surface area contributed by atoms with Gasteiger partial charge in [-0.1, -0.05) is 6.58 Å². The van der Waals surface area contributed by atoms with E-state index in [-0.39, 0.29) is 0 Å². The van der Waals surface area contributed by atoms with Crippen molar-refractivity contribution in [2.45, 2.75) is 0 Å². The van der Waals surface area contributed by atoms with E-state index in [4.69, 9.17) is 0 Å². The molecule has 5 heteroatoms. The molecule has 0 radical (unpaired) electrons. The molecule has 1 spiro atoms. The van der Waals surface area contributed by atoms with E-state index in [1.807, 2.05) is 30.6 Å². The van der Waals surface area contributed by atoms with Crippen molar-refractivity contribution in [2.24, 2.45) is 15.4 Å². The predicted octanol–water partition coefficient (Wildman–Crippen LogP) is 2.06. The zero-order valence-corrected chi connectivity index (χ0v) is 13.7. The largest absolute Gasteiger partial charge is 0.369 e. The number of hydrogen-bond acceptors (Lipinski definition) is 5. The molecule has 0 aromatic carbocycles. The van der Waals surface area contributed by atoms with Gasteiger partial charge in [0.25, 0.3) is 0 Å². The first-order valence-corrected chi connectivity index (χ1v) is 8.13. The van der Waals surface area contributed by atoms with Gasteiger partial charge in [0, 0.05) is 55.4 Å². The molecule has 4 aliphatic rings. The Kier molecular flexibility index (Phi) is 3.36. The third kappa shape index (κ3) is 2.04. The molecule has 1 fully saturated rings. The van der Waals surface area contributed by atoms with Crippen molar-refractivity contribution in [3.05, 3.63) is 59.6 Å². The van der Waals surface area contributed by atoms with E-state index < -0.39 is 5.41 Å². The monoisotopic (exact) mass is 317 g/mol. The smallest absolute Gasteiger partial charge is 0.102 e. The van der Waals surface area contributed by atoms with Crippen LogP contribution in [0.5, 0.6) is 0 Å². The van der Waals surface area contributed by atoms with Crippen LogP contribution < -0.4 is 0 Å². The minimum Gasteiger partial charge on any atom is -0.369 e. The summed E-state index contributed by atoms with van der Waals surface area (Å²) < 4.78 is 0. The molecular weight excluding hydrogens is 298 g/mol. The summed E-state index contributed by atoms with van der Waals surface area (Å²) in [6, 6.07) is 2.24. The molecule has 3 heterocycles. The first kappa shape index (κ1) is 14.9. The van der Waals surface area contributed by atoms with Crippen LogP contribution in [0.1, 0.15) is 0 Å². The summed E-state index contributed by atoms with van der Waals surface area (Å²) in [5.41, 5.74) is 3.82. The van der Waals surface area contributed by atoms with E-state index in [9.17, 15) is 5.26 Å². The molecule has 0 amide bonds. The maximum Gasteiger partial charge on any atom is 0.102 e. The second-order valence-electron chi connectivity index (χ2n) is 6.48. The Morgan fingerprint density at radius 3 is 2.75 bits per heavy atom. The Hall–Kier alpha value is -2.71. The minimum atomic E-state index is -0.609. The SMILES string of the molecule is C=C1N=CC2=C(N3CCN(C)CC3)C=CN=C3C=CC(C#N)=CC132. The van der Waals surface area contributed by atoms with E-state index in [0.29, 0.717) is 5.57 Å². The number of rotatable bonds is 1. The molecule has 1 atom stereocenters. The predicted molar refractivity (Wildman–Crippen MR) is 95.6 cm³/mol. The van der Waals surface area contributed by atoms with Gasteiger partial charge in [0.05, 0.1) is 17.5 Å². The fourth-order valence-corrected chi connectivity index (χ4v) is 3.69. The van der Waals surface area contributed by atoms with Crippen LogP contribution >= 0.6 is 0 Å². The van der Waals surface area contributed by atoms with E-state index in [0.717, 1.165) is 48.9 Å². The molecule has 120 valence electrons. The molecule has 1 unspecified atom stereocenters. The summed E-state index contributed by atoms with van der Waals surface area (Å²) in [6.07, 6.45) is 11.5. The van der Waals surface area contributed by atoms with Crippen LogP contribution in [-0.4, -0.2) is 55.0 Å². The Labute approximate surface area is 142 Å². The molecule has 3 aliphatic heterocycles. The Balaban J connectivity index is 1.87. The van der Waals surface area contributed by atoms with Crippen LogP contribution in [0, 0.1) is 16.7 Å². The van der Waals surface area contributed by atoms with E-state index >= 15 is 0 Å². The third-order valence-corrected chi connectivity index (χ3v) is 5.12. The summed E-state index contributed by atoms with van der Waals surface area (Å²) in [7, 11) is 2.15. The zero-order valence-electron chi connectivity index (χ0n) is 13.7. The summed E-state index contributed by atoms with van der Waals surface area (Å²) in [6.45, 7) is 8.16. The van der Waals surface area contributed by atoms with Gasteiger partial charge in [-0.2, -0.15) is 5.26 Å². The second-order valence-corrected chi connectivity index (χ2v) is 6.48. The Morgan fingerprint density at radius 1 is 1.21 bits per heavy atom. The lowest BCUT2D eigenvalue weighted by molar-refractivity contribution is 0.189. The average Bonchev–Trinajstić information content (AvgIpc) is 2.81. The first-order valence-electron chi connectivity index (χ1n) is 8.13. The lowest BCUT2D eigenvalue weighted by Crippen LogP contribution is -2.44. The number of allylic oxidation sites excluding steroid dienone is 5. The summed E-state index contributed by atoms with van der Waals surface area (Å²) >= 11 is 0. The fraction of sp³-hybridized carbons (Fsp3) is 0.316. The maximum absolute atomic E-state index is 9.37. The molecule has 1 aliphatic carbocycles. The molecule has 0 N–H and O–H groups in total. The molecule has 5 nitrogen and oxygen atoms in total. The maximum atomic E-state index is 9.37. The lowest BCUT2D eigenvalue weighted by atomic mass is 9.71. The highest BCUT2D eigenvalue weighted by Crippen LogP contribution is 2.48. The normalized spacial score (nSPS) is 29.0. The molecule has 0 saturated carbocycles. The quantitative estimate of drug-likeness (QED) is 0.744. The number of nitrogens with zero attached hydrogens (tertiary/aromatic N) is 5. The van der Waals surface area contributed by atoms with E-state index in [2.05, 4.69) is 45.6 Å². The first-order chi connectivity index (χ1) is 11.6. The lowest BCUT2D eigenvalue weighted by Gasteiger charge is -2.37. The van der Waals surface area contributed by atoms with Gasteiger partial charge in [-0.05, 0) is 31.4 Å². The van der Waals surface area contributed by atoms with E-state index in [1.54, 1.807) is 0 Å². The van der Waals surface area contributed by atoms with Gasteiger partial charge in [-0.15, -0.1) is 0 Å². The van der Waals surface area contributed by atoms with Crippen molar-refractivity contribution in [1.29, 1.82) is 5.26 Å². The zero-order chi connectivity index (χ0) is 16.7. The highest BCUT2D eigenvalue weighted by atomic mass is 15.3. The molecule has 4 rings (SSSR count). The molecular formula is C19H19N5. The topological polar surface area (TPSA) is 55.0 Å². The van der Waals surface area contributed by atoms with Gasteiger partial charge in [0.15, 0.2) is 0 Å².